The summed E-state index contributed by atoms with van der Waals surface area (Å²) in [5.41, 5.74) is 0.135. The van der Waals surface area contributed by atoms with Crippen molar-refractivity contribution in [2.75, 3.05) is 6.61 Å². The van der Waals surface area contributed by atoms with Gasteiger partial charge < -0.3 is 4.74 Å². The molecule has 1 aromatic rings. The maximum Gasteiger partial charge on any atom is 0.183 e. The zero-order valence-corrected chi connectivity index (χ0v) is 15.6. The maximum absolute atomic E-state index is 9.88. The number of nitrogens with zero attached hydrogens (tertiary/aromatic N) is 2. The van der Waals surface area contributed by atoms with E-state index in [1.165, 1.54) is 0 Å². The van der Waals surface area contributed by atoms with E-state index in [1.54, 1.807) is 18.2 Å². The number of aliphatic imine (C=N–C) groups is 1. The Labute approximate surface area is 153 Å². The van der Waals surface area contributed by atoms with Gasteiger partial charge in [-0.25, -0.2) is 4.99 Å². The van der Waals surface area contributed by atoms with Gasteiger partial charge in [0.05, 0.1) is 27.6 Å². The number of hydrogen-bond donors (Lipinski definition) is 0. The number of halogens is 2. The van der Waals surface area contributed by atoms with Gasteiger partial charge in [-0.1, -0.05) is 49.2 Å². The highest BCUT2D eigenvalue weighted by Crippen LogP contribution is 2.36. The molecule has 1 aliphatic rings. The van der Waals surface area contributed by atoms with Crippen molar-refractivity contribution in [3.63, 3.8) is 0 Å². The molecule has 1 heterocycles. The van der Waals surface area contributed by atoms with Crippen LogP contribution in [0.4, 0.5) is 0 Å². The second-order valence-corrected chi connectivity index (χ2v) is 7.28. The predicted octanol–water partition coefficient (Wildman–Crippen LogP) is 5.56. The highest BCUT2D eigenvalue weighted by molar-refractivity contribution is 6.42. The molecule has 0 aromatic heterocycles. The first-order valence-corrected chi connectivity index (χ1v) is 8.84. The third kappa shape index (κ3) is 4.12. The Kier molecular flexibility index (Phi) is 6.32. The molecule has 0 unspecified atom stereocenters. The quantitative estimate of drug-likeness (QED) is 0.594. The van der Waals surface area contributed by atoms with Crippen LogP contribution < -0.4 is 0 Å². The van der Waals surface area contributed by atoms with Crippen LogP contribution in [-0.2, 0) is 10.2 Å². The minimum atomic E-state index is -0.711. The molecule has 0 fully saturated rings. The number of allylic oxidation sites excluding steroid dienone is 1. The van der Waals surface area contributed by atoms with E-state index < -0.39 is 5.41 Å². The van der Waals surface area contributed by atoms with Crippen LogP contribution in [0, 0.1) is 17.2 Å². The fourth-order valence-electron chi connectivity index (χ4n) is 2.81. The summed E-state index contributed by atoms with van der Waals surface area (Å²) in [7, 11) is 0. The molecule has 1 aromatic carbocycles. The van der Waals surface area contributed by atoms with Crippen LogP contribution in [0.15, 0.2) is 35.8 Å². The first-order chi connectivity index (χ1) is 11.4. The molecule has 2 atom stereocenters. The Morgan fingerprint density at radius 3 is 2.75 bits per heavy atom. The summed E-state index contributed by atoms with van der Waals surface area (Å²) in [5.74, 6) is 1.18. The Hall–Kier alpha value is -1.50. The predicted molar refractivity (Wildman–Crippen MR) is 99.8 cm³/mol. The molecule has 5 heteroatoms. The molecule has 24 heavy (non-hydrogen) atoms. The molecular weight excluding hydrogens is 343 g/mol. The van der Waals surface area contributed by atoms with E-state index in [4.69, 9.17) is 27.9 Å². The largest absolute Gasteiger partial charge is 0.479 e. The van der Waals surface area contributed by atoms with Crippen LogP contribution in [0.3, 0.4) is 0 Å². The van der Waals surface area contributed by atoms with Gasteiger partial charge in [0.15, 0.2) is 5.90 Å². The average Bonchev–Trinajstić information content (AvgIpc) is 3.03. The van der Waals surface area contributed by atoms with Gasteiger partial charge in [0.25, 0.3) is 0 Å². The van der Waals surface area contributed by atoms with Crippen molar-refractivity contribution in [2.24, 2.45) is 10.9 Å². The first-order valence-electron chi connectivity index (χ1n) is 8.09. The van der Waals surface area contributed by atoms with Gasteiger partial charge in [-0.2, -0.15) is 5.26 Å². The van der Waals surface area contributed by atoms with Crippen LogP contribution in [0.1, 0.15) is 38.7 Å². The molecule has 0 saturated carbocycles. The van der Waals surface area contributed by atoms with Gasteiger partial charge in [0, 0.05) is 6.42 Å². The molecule has 2 rings (SSSR count). The molecule has 128 valence electrons. The fraction of sp³-hybridized carbons (Fsp3) is 0.474. The van der Waals surface area contributed by atoms with E-state index in [-0.39, 0.29) is 6.04 Å². The van der Waals surface area contributed by atoms with E-state index in [1.807, 2.05) is 6.07 Å². The van der Waals surface area contributed by atoms with Gasteiger partial charge in [-0.3, -0.25) is 0 Å². The Balaban J connectivity index is 2.22. The van der Waals surface area contributed by atoms with Gasteiger partial charge >= 0.3 is 0 Å². The molecule has 0 N–H and O–H groups in total. The molecule has 0 saturated heterocycles. The van der Waals surface area contributed by atoms with E-state index >= 15 is 0 Å². The number of hydrogen-bond acceptors (Lipinski definition) is 3. The Morgan fingerprint density at radius 1 is 1.46 bits per heavy atom. The zero-order valence-electron chi connectivity index (χ0n) is 14.1. The summed E-state index contributed by atoms with van der Waals surface area (Å²) >= 11 is 12.1. The summed E-state index contributed by atoms with van der Waals surface area (Å²) in [4.78, 5) is 4.62. The minimum Gasteiger partial charge on any atom is -0.479 e. The second-order valence-electron chi connectivity index (χ2n) is 6.46. The van der Waals surface area contributed by atoms with Crippen molar-refractivity contribution >= 4 is 29.1 Å². The Morgan fingerprint density at radius 2 is 2.21 bits per heavy atom. The van der Waals surface area contributed by atoms with E-state index in [9.17, 15) is 5.26 Å². The number of nitriles is 1. The molecule has 0 spiro atoms. The van der Waals surface area contributed by atoms with Crippen LogP contribution in [0.25, 0.3) is 0 Å². The van der Waals surface area contributed by atoms with Crippen molar-refractivity contribution in [1.82, 2.24) is 0 Å². The van der Waals surface area contributed by atoms with Crippen LogP contribution in [0.5, 0.6) is 0 Å². The van der Waals surface area contributed by atoms with Crippen molar-refractivity contribution in [3.05, 3.63) is 46.5 Å². The smallest absolute Gasteiger partial charge is 0.183 e. The highest BCUT2D eigenvalue weighted by atomic mass is 35.5. The molecular formula is C19H22Cl2N2O. The number of rotatable bonds is 7. The summed E-state index contributed by atoms with van der Waals surface area (Å²) in [6.07, 6.45) is 3.50. The van der Waals surface area contributed by atoms with Crippen molar-refractivity contribution in [1.29, 1.82) is 5.26 Å². The monoisotopic (exact) mass is 364 g/mol. The normalized spacial score (nSPS) is 19.3. The molecule has 0 bridgehead atoms. The van der Waals surface area contributed by atoms with Gasteiger partial charge in [-0.15, -0.1) is 6.58 Å². The molecule has 0 amide bonds. The second kappa shape index (κ2) is 8.05. The van der Waals surface area contributed by atoms with Crippen molar-refractivity contribution in [2.45, 2.75) is 44.6 Å². The standard InChI is InChI=1S/C19H22Cl2N2O/c1-4-8-19(12-22,14-5-6-15(20)16(21)10-14)9-7-18-23-17(11-24-18)13(2)3/h4-6,10,13,17H,1,7-9,11H2,2-3H3/t17-,19+/m1/s1. The topological polar surface area (TPSA) is 45.4 Å². The van der Waals surface area contributed by atoms with Crippen LogP contribution in [0.2, 0.25) is 10.0 Å². The van der Waals surface area contributed by atoms with E-state index in [0.717, 1.165) is 11.5 Å². The minimum absolute atomic E-state index is 0.209. The first kappa shape index (κ1) is 18.8. The molecule has 1 aliphatic heterocycles. The lowest BCUT2D eigenvalue weighted by Crippen LogP contribution is -2.25. The zero-order chi connectivity index (χ0) is 17.7. The van der Waals surface area contributed by atoms with Crippen LogP contribution >= 0.6 is 23.2 Å². The van der Waals surface area contributed by atoms with Crippen LogP contribution in [-0.4, -0.2) is 18.5 Å². The maximum atomic E-state index is 9.88. The third-order valence-corrected chi connectivity index (χ3v) is 5.18. The van der Waals surface area contributed by atoms with Gasteiger partial charge in [0.1, 0.15) is 6.61 Å². The lowest BCUT2D eigenvalue weighted by Gasteiger charge is -2.26. The fourth-order valence-corrected chi connectivity index (χ4v) is 3.11. The number of ether oxygens (including phenoxy) is 1. The summed E-state index contributed by atoms with van der Waals surface area (Å²) < 4.78 is 5.69. The van der Waals surface area contributed by atoms with E-state index in [0.29, 0.717) is 41.8 Å². The van der Waals surface area contributed by atoms with E-state index in [2.05, 4.69) is 31.5 Å². The van der Waals surface area contributed by atoms with Gasteiger partial charge in [0.2, 0.25) is 0 Å². The lowest BCUT2D eigenvalue weighted by molar-refractivity contribution is 0.283. The number of benzene rings is 1. The Bertz CT molecular complexity index is 678. The summed E-state index contributed by atoms with van der Waals surface area (Å²) in [6, 6.07) is 8.02. The third-order valence-electron chi connectivity index (χ3n) is 4.44. The summed E-state index contributed by atoms with van der Waals surface area (Å²) in [5, 5.41) is 10.8. The lowest BCUT2D eigenvalue weighted by atomic mass is 9.75. The highest BCUT2D eigenvalue weighted by Gasteiger charge is 2.33. The SMILES string of the molecule is C=CC[C@@](C#N)(CCC1=N[C@@H](C(C)C)CO1)c1ccc(Cl)c(Cl)c1. The molecule has 3 nitrogen and oxygen atoms in total. The molecule has 0 aliphatic carbocycles. The van der Waals surface area contributed by atoms with Crippen molar-refractivity contribution in [3.8, 4) is 6.07 Å². The molecule has 0 radical (unpaired) electrons. The summed E-state index contributed by atoms with van der Waals surface area (Å²) in [6.45, 7) is 8.69. The van der Waals surface area contributed by atoms with Gasteiger partial charge in [-0.05, 0) is 36.5 Å². The average molecular weight is 365 g/mol. The van der Waals surface area contributed by atoms with Crippen molar-refractivity contribution < 1.29 is 4.74 Å².